The molecule has 19 heavy (non-hydrogen) atoms. The fourth-order valence-corrected chi connectivity index (χ4v) is 2.71. The van der Waals surface area contributed by atoms with Crippen molar-refractivity contribution < 1.29 is 9.53 Å². The number of nitrogens with zero attached hydrogens (tertiary/aromatic N) is 1. The van der Waals surface area contributed by atoms with Crippen molar-refractivity contribution in [2.45, 2.75) is 32.4 Å². The van der Waals surface area contributed by atoms with Gasteiger partial charge in [-0.1, -0.05) is 30.7 Å². The molecule has 0 radical (unpaired) electrons. The zero-order valence-corrected chi connectivity index (χ0v) is 12.4. The highest BCUT2D eigenvalue weighted by Crippen LogP contribution is 2.25. The summed E-state index contributed by atoms with van der Waals surface area (Å²) in [7, 11) is 2.06. The molecule has 1 aliphatic rings. The lowest BCUT2D eigenvalue weighted by atomic mass is 9.91. The Balaban J connectivity index is 2.05. The van der Waals surface area contributed by atoms with Crippen LogP contribution in [0.4, 0.5) is 0 Å². The van der Waals surface area contributed by atoms with Gasteiger partial charge in [-0.25, -0.2) is 4.79 Å². The molecule has 1 fully saturated rings. The largest absolute Gasteiger partial charge is 0.457 e. The third-order valence-electron chi connectivity index (χ3n) is 3.92. The Kier molecular flexibility index (Phi) is 4.48. The Morgan fingerprint density at radius 2 is 2.05 bits per heavy atom. The van der Waals surface area contributed by atoms with E-state index in [2.05, 4.69) is 25.8 Å². The quantitative estimate of drug-likeness (QED) is 0.780. The molecule has 0 N–H and O–H groups in total. The summed E-state index contributed by atoms with van der Waals surface area (Å²) in [5, 5.41) is 0.442. The highest BCUT2D eigenvalue weighted by atomic mass is 35.5. The molecule has 1 aromatic carbocycles. The van der Waals surface area contributed by atoms with Crippen LogP contribution in [-0.2, 0) is 4.74 Å². The van der Waals surface area contributed by atoms with E-state index in [0.717, 1.165) is 13.0 Å². The predicted molar refractivity (Wildman–Crippen MR) is 76.5 cm³/mol. The smallest absolute Gasteiger partial charge is 0.339 e. The number of likely N-dealkylation sites (N-methyl/N-ethyl adjacent to an activating group) is 1. The van der Waals surface area contributed by atoms with Gasteiger partial charge in [0.25, 0.3) is 0 Å². The van der Waals surface area contributed by atoms with Crippen LogP contribution in [0.2, 0.25) is 5.02 Å². The van der Waals surface area contributed by atoms with Gasteiger partial charge in [0.1, 0.15) is 6.10 Å². The molecule has 4 heteroatoms. The monoisotopic (exact) mass is 281 g/mol. The molecular weight excluding hydrogens is 262 g/mol. The molecule has 3 unspecified atom stereocenters. The summed E-state index contributed by atoms with van der Waals surface area (Å²) in [6.45, 7) is 5.11. The van der Waals surface area contributed by atoms with Gasteiger partial charge in [-0.15, -0.1) is 0 Å². The second kappa shape index (κ2) is 5.93. The van der Waals surface area contributed by atoms with Crippen molar-refractivity contribution >= 4 is 17.6 Å². The van der Waals surface area contributed by atoms with Gasteiger partial charge in [0.2, 0.25) is 0 Å². The maximum Gasteiger partial charge on any atom is 0.339 e. The molecular formula is C15H20ClNO2. The zero-order chi connectivity index (χ0) is 14.0. The summed E-state index contributed by atoms with van der Waals surface area (Å²) >= 11 is 6.01. The molecule has 1 aliphatic heterocycles. The van der Waals surface area contributed by atoms with Crippen molar-refractivity contribution in [1.29, 1.82) is 0 Å². The van der Waals surface area contributed by atoms with E-state index in [1.165, 1.54) is 0 Å². The van der Waals surface area contributed by atoms with Crippen molar-refractivity contribution in [2.75, 3.05) is 13.6 Å². The van der Waals surface area contributed by atoms with Crippen molar-refractivity contribution in [3.05, 3.63) is 34.9 Å². The second-order valence-corrected chi connectivity index (χ2v) is 5.83. The molecule has 2 rings (SSSR count). The molecule has 0 bridgehead atoms. The van der Waals surface area contributed by atoms with Crippen molar-refractivity contribution in [2.24, 2.45) is 5.92 Å². The normalized spacial score (nSPS) is 28.1. The topological polar surface area (TPSA) is 29.5 Å². The first-order valence-electron chi connectivity index (χ1n) is 6.64. The number of rotatable bonds is 2. The van der Waals surface area contributed by atoms with Gasteiger partial charge < -0.3 is 4.74 Å². The van der Waals surface area contributed by atoms with Crippen LogP contribution in [0.1, 0.15) is 30.6 Å². The van der Waals surface area contributed by atoms with E-state index >= 15 is 0 Å². The van der Waals surface area contributed by atoms with Crippen LogP contribution >= 0.6 is 11.6 Å². The van der Waals surface area contributed by atoms with Crippen LogP contribution in [0.5, 0.6) is 0 Å². The molecule has 1 saturated heterocycles. The Morgan fingerprint density at radius 3 is 2.74 bits per heavy atom. The van der Waals surface area contributed by atoms with E-state index in [-0.39, 0.29) is 12.1 Å². The minimum atomic E-state index is -0.328. The molecule has 3 atom stereocenters. The van der Waals surface area contributed by atoms with Crippen LogP contribution in [0, 0.1) is 5.92 Å². The van der Waals surface area contributed by atoms with E-state index in [1.54, 1.807) is 24.3 Å². The van der Waals surface area contributed by atoms with Gasteiger partial charge in [-0.05, 0) is 38.4 Å². The van der Waals surface area contributed by atoms with Crippen molar-refractivity contribution in [1.82, 2.24) is 4.90 Å². The number of hydrogen-bond donors (Lipinski definition) is 0. The predicted octanol–water partition coefficient (Wildman–Crippen LogP) is 3.23. The lowest BCUT2D eigenvalue weighted by Gasteiger charge is -2.39. The van der Waals surface area contributed by atoms with Crippen LogP contribution in [-0.4, -0.2) is 36.6 Å². The number of carbonyl (C=O) groups excluding carboxylic acids is 1. The number of carbonyl (C=O) groups is 1. The summed E-state index contributed by atoms with van der Waals surface area (Å²) in [4.78, 5) is 14.4. The minimum Gasteiger partial charge on any atom is -0.457 e. The van der Waals surface area contributed by atoms with Gasteiger partial charge in [-0.2, -0.15) is 0 Å². The molecule has 1 aromatic rings. The fraction of sp³-hybridized carbons (Fsp3) is 0.533. The van der Waals surface area contributed by atoms with Gasteiger partial charge in [0, 0.05) is 12.6 Å². The SMILES string of the molecule is CC1CC(C)N(C)CC1OC(=O)c1ccccc1Cl. The highest BCUT2D eigenvalue weighted by Gasteiger charge is 2.31. The van der Waals surface area contributed by atoms with E-state index < -0.39 is 0 Å². The Bertz CT molecular complexity index is 463. The van der Waals surface area contributed by atoms with Gasteiger partial charge in [-0.3, -0.25) is 4.90 Å². The van der Waals surface area contributed by atoms with E-state index in [1.807, 2.05) is 0 Å². The molecule has 0 aromatic heterocycles. The third kappa shape index (κ3) is 3.28. The number of hydrogen-bond acceptors (Lipinski definition) is 3. The standard InChI is InChI=1S/C15H20ClNO2/c1-10-8-11(2)17(3)9-14(10)19-15(18)12-6-4-5-7-13(12)16/h4-7,10-11,14H,8-9H2,1-3H3. The molecule has 3 nitrogen and oxygen atoms in total. The molecule has 0 aliphatic carbocycles. The van der Waals surface area contributed by atoms with Crippen LogP contribution in [0.25, 0.3) is 0 Å². The maximum atomic E-state index is 12.1. The maximum absolute atomic E-state index is 12.1. The first kappa shape index (κ1) is 14.4. The average molecular weight is 282 g/mol. The molecule has 0 saturated carbocycles. The van der Waals surface area contributed by atoms with Gasteiger partial charge >= 0.3 is 5.97 Å². The van der Waals surface area contributed by atoms with Crippen molar-refractivity contribution in [3.8, 4) is 0 Å². The zero-order valence-electron chi connectivity index (χ0n) is 11.6. The highest BCUT2D eigenvalue weighted by molar-refractivity contribution is 6.33. The van der Waals surface area contributed by atoms with Gasteiger partial charge in [0.05, 0.1) is 10.6 Å². The first-order valence-corrected chi connectivity index (χ1v) is 7.02. The third-order valence-corrected chi connectivity index (χ3v) is 4.25. The lowest BCUT2D eigenvalue weighted by Crippen LogP contribution is -2.47. The van der Waals surface area contributed by atoms with Crippen LogP contribution < -0.4 is 0 Å². The first-order chi connectivity index (χ1) is 8.99. The number of esters is 1. The minimum absolute atomic E-state index is 0.0648. The Morgan fingerprint density at radius 1 is 1.37 bits per heavy atom. The Labute approximate surface area is 119 Å². The number of likely N-dealkylation sites (tertiary alicyclic amines) is 1. The molecule has 0 amide bonds. The lowest BCUT2D eigenvalue weighted by molar-refractivity contribution is -0.0212. The van der Waals surface area contributed by atoms with E-state index in [0.29, 0.717) is 22.5 Å². The number of ether oxygens (including phenoxy) is 1. The summed E-state index contributed by atoms with van der Waals surface area (Å²) < 4.78 is 5.62. The average Bonchev–Trinajstić information content (AvgIpc) is 2.36. The summed E-state index contributed by atoms with van der Waals surface area (Å²) in [5.41, 5.74) is 0.442. The van der Waals surface area contributed by atoms with Crippen molar-refractivity contribution in [3.63, 3.8) is 0 Å². The van der Waals surface area contributed by atoms with Crippen LogP contribution in [0.15, 0.2) is 24.3 Å². The number of halogens is 1. The van der Waals surface area contributed by atoms with Crippen LogP contribution in [0.3, 0.4) is 0 Å². The fourth-order valence-electron chi connectivity index (χ4n) is 2.49. The molecule has 0 spiro atoms. The number of piperidine rings is 1. The van der Waals surface area contributed by atoms with E-state index in [4.69, 9.17) is 16.3 Å². The molecule has 104 valence electrons. The summed E-state index contributed by atoms with van der Waals surface area (Å²) in [5.74, 6) is 0.0445. The second-order valence-electron chi connectivity index (χ2n) is 5.43. The molecule has 1 heterocycles. The summed E-state index contributed by atoms with van der Waals surface area (Å²) in [6.07, 6.45) is 0.974. The number of benzene rings is 1. The van der Waals surface area contributed by atoms with Gasteiger partial charge in [0.15, 0.2) is 0 Å². The van der Waals surface area contributed by atoms with E-state index in [9.17, 15) is 4.79 Å². The summed E-state index contributed by atoms with van der Waals surface area (Å²) in [6, 6.07) is 7.53. The Hall–Kier alpha value is -1.06.